The Balaban J connectivity index is 0.000000473. The Labute approximate surface area is 226 Å². The molecule has 3 aromatic carbocycles. The molecule has 0 saturated heterocycles. The number of carbonyl (C=O) groups excluding carboxylic acids is 3. The van der Waals surface area contributed by atoms with Crippen molar-refractivity contribution in [1.29, 1.82) is 0 Å². The SMILES string of the molecule is O=C([O-])/C=C/c1ccccc1.O=C([O-])/C=C/c1ccccc1.O=C([O-])/C=C/c1ccccc1.[La+3]. The van der Waals surface area contributed by atoms with Crippen LogP contribution in [0.3, 0.4) is 0 Å². The number of carboxylic acid groups (broad SMARTS) is 3. The smallest absolute Gasteiger partial charge is 0.545 e. The average Bonchev–Trinajstić information content (AvgIpc) is 2.83. The number of rotatable bonds is 6. The van der Waals surface area contributed by atoms with Crippen LogP contribution in [0.2, 0.25) is 0 Å². The Bertz CT molecular complexity index is 934. The first-order valence-corrected chi connectivity index (χ1v) is 9.69. The van der Waals surface area contributed by atoms with Gasteiger partial charge < -0.3 is 29.7 Å². The fourth-order valence-corrected chi connectivity index (χ4v) is 2.19. The summed E-state index contributed by atoms with van der Waals surface area (Å²) >= 11 is 0. The summed E-state index contributed by atoms with van der Waals surface area (Å²) in [5.41, 5.74) is 2.57. The molecule has 168 valence electrons. The molecule has 3 rings (SSSR count). The molecule has 6 nitrogen and oxygen atoms in total. The molecule has 0 N–H and O–H groups in total. The van der Waals surface area contributed by atoms with Crippen molar-refractivity contribution in [3.8, 4) is 0 Å². The zero-order valence-electron chi connectivity index (χ0n) is 18.2. The van der Waals surface area contributed by atoms with Crippen molar-refractivity contribution in [1.82, 2.24) is 0 Å². The molecule has 0 fully saturated rings. The van der Waals surface area contributed by atoms with Crippen molar-refractivity contribution >= 4 is 36.1 Å². The first kappa shape index (κ1) is 30.5. The normalized spacial score (nSPS) is 9.88. The number of carboxylic acids is 3. The fourth-order valence-electron chi connectivity index (χ4n) is 2.19. The maximum atomic E-state index is 9.97. The van der Waals surface area contributed by atoms with Gasteiger partial charge in [0, 0.05) is 0 Å². The molecule has 0 aliphatic carbocycles. The van der Waals surface area contributed by atoms with Gasteiger partial charge in [-0.3, -0.25) is 0 Å². The zero-order chi connectivity index (χ0) is 24.3. The molecule has 0 amide bonds. The van der Waals surface area contributed by atoms with E-state index in [1.807, 2.05) is 91.0 Å². The van der Waals surface area contributed by atoms with Crippen LogP contribution in [-0.4, -0.2) is 17.9 Å². The topological polar surface area (TPSA) is 120 Å². The number of benzene rings is 3. The Morgan fingerprint density at radius 3 is 0.824 bits per heavy atom. The van der Waals surface area contributed by atoms with E-state index in [1.54, 1.807) is 0 Å². The van der Waals surface area contributed by atoms with E-state index in [0.717, 1.165) is 34.9 Å². The monoisotopic (exact) mass is 580 g/mol. The largest absolute Gasteiger partial charge is 3.00 e. The summed E-state index contributed by atoms with van der Waals surface area (Å²) in [5.74, 6) is -3.52. The molecular formula is C27H21LaO6. The van der Waals surface area contributed by atoms with Gasteiger partial charge in [-0.1, -0.05) is 109 Å². The predicted octanol–water partition coefficient (Wildman–Crippen LogP) is 1.35. The van der Waals surface area contributed by atoms with Crippen molar-refractivity contribution in [2.75, 3.05) is 0 Å². The van der Waals surface area contributed by atoms with Crippen LogP contribution in [0.1, 0.15) is 16.7 Å². The molecule has 7 heteroatoms. The third-order valence-electron chi connectivity index (χ3n) is 3.63. The van der Waals surface area contributed by atoms with Crippen LogP contribution < -0.4 is 15.3 Å². The number of hydrogen-bond acceptors (Lipinski definition) is 6. The Morgan fingerprint density at radius 1 is 0.441 bits per heavy atom. The summed E-state index contributed by atoms with van der Waals surface area (Å²) in [7, 11) is 0. The predicted molar refractivity (Wildman–Crippen MR) is 121 cm³/mol. The standard InChI is InChI=1S/3C9H8O2.La/c3*10-9(11)7-6-8-4-2-1-3-5-8;/h3*1-7H,(H,10,11);/q;;;+3/p-3/b3*7-6+;. The molecule has 0 saturated carbocycles. The molecule has 0 bridgehead atoms. The van der Waals surface area contributed by atoms with Gasteiger partial charge in [0.1, 0.15) is 0 Å². The van der Waals surface area contributed by atoms with Crippen LogP contribution in [0.5, 0.6) is 0 Å². The Hall–Kier alpha value is -3.52. The van der Waals surface area contributed by atoms with Crippen LogP contribution in [0.4, 0.5) is 0 Å². The van der Waals surface area contributed by atoms with Gasteiger partial charge in [-0.05, 0) is 34.9 Å². The second-order valence-electron chi connectivity index (χ2n) is 6.19. The van der Waals surface area contributed by atoms with E-state index < -0.39 is 17.9 Å². The van der Waals surface area contributed by atoms with E-state index in [9.17, 15) is 29.7 Å². The van der Waals surface area contributed by atoms with Crippen molar-refractivity contribution in [2.24, 2.45) is 0 Å². The molecule has 0 spiro atoms. The third kappa shape index (κ3) is 17.1. The summed E-state index contributed by atoms with van der Waals surface area (Å²) in [6, 6.07) is 27.6. The van der Waals surface area contributed by atoms with Crippen LogP contribution in [0, 0.1) is 35.6 Å². The van der Waals surface area contributed by atoms with Crippen molar-refractivity contribution in [2.45, 2.75) is 0 Å². The van der Waals surface area contributed by atoms with Gasteiger partial charge in [-0.15, -0.1) is 0 Å². The quantitative estimate of drug-likeness (QED) is 0.406. The average molecular weight is 580 g/mol. The summed E-state index contributed by atoms with van der Waals surface area (Å²) in [6.45, 7) is 0. The van der Waals surface area contributed by atoms with Crippen molar-refractivity contribution in [3.05, 3.63) is 126 Å². The van der Waals surface area contributed by atoms with E-state index in [2.05, 4.69) is 0 Å². The maximum absolute atomic E-state index is 9.97. The molecule has 3 aromatic rings. The molecule has 0 unspecified atom stereocenters. The van der Waals surface area contributed by atoms with Crippen LogP contribution >= 0.6 is 0 Å². The van der Waals surface area contributed by atoms with Crippen LogP contribution in [0.25, 0.3) is 18.2 Å². The van der Waals surface area contributed by atoms with Crippen LogP contribution in [-0.2, 0) is 14.4 Å². The van der Waals surface area contributed by atoms with Gasteiger partial charge >= 0.3 is 35.6 Å². The molecule has 0 aliphatic heterocycles. The fraction of sp³-hybridized carbons (Fsp3) is 0. The van der Waals surface area contributed by atoms with E-state index in [1.165, 1.54) is 18.2 Å². The number of hydrogen-bond donors (Lipinski definition) is 0. The summed E-state index contributed by atoms with van der Waals surface area (Å²) < 4.78 is 0. The van der Waals surface area contributed by atoms with E-state index in [4.69, 9.17) is 0 Å². The third-order valence-corrected chi connectivity index (χ3v) is 3.63. The molecule has 34 heavy (non-hydrogen) atoms. The van der Waals surface area contributed by atoms with E-state index >= 15 is 0 Å². The van der Waals surface area contributed by atoms with E-state index in [-0.39, 0.29) is 35.6 Å². The first-order valence-electron chi connectivity index (χ1n) is 9.69. The van der Waals surface area contributed by atoms with Crippen molar-refractivity contribution in [3.63, 3.8) is 0 Å². The molecule has 0 atom stereocenters. The minimum Gasteiger partial charge on any atom is -0.545 e. The van der Waals surface area contributed by atoms with Gasteiger partial charge in [-0.2, -0.15) is 0 Å². The van der Waals surface area contributed by atoms with Crippen molar-refractivity contribution < 1.29 is 65.3 Å². The Morgan fingerprint density at radius 2 is 0.647 bits per heavy atom. The molecule has 0 heterocycles. The second kappa shape index (κ2) is 19.0. The van der Waals surface area contributed by atoms with Gasteiger partial charge in [0.2, 0.25) is 0 Å². The zero-order valence-corrected chi connectivity index (χ0v) is 21.8. The number of aliphatic carboxylic acids is 3. The van der Waals surface area contributed by atoms with Gasteiger partial charge in [0.15, 0.2) is 0 Å². The molecule has 0 aliphatic rings. The van der Waals surface area contributed by atoms with E-state index in [0.29, 0.717) is 0 Å². The summed E-state index contributed by atoms with van der Waals surface area (Å²) in [4.78, 5) is 29.9. The minimum absolute atomic E-state index is 0. The Kier molecular flexibility index (Phi) is 17.0. The molecule has 0 radical (unpaired) electrons. The summed E-state index contributed by atoms with van der Waals surface area (Å²) in [6.07, 6.45) is 7.51. The van der Waals surface area contributed by atoms with Gasteiger partial charge in [0.25, 0.3) is 0 Å². The maximum Gasteiger partial charge on any atom is 3.00 e. The second-order valence-corrected chi connectivity index (χ2v) is 6.19. The minimum atomic E-state index is -1.17. The summed E-state index contributed by atoms with van der Waals surface area (Å²) in [5, 5.41) is 29.9. The first-order chi connectivity index (χ1) is 15.9. The van der Waals surface area contributed by atoms with Gasteiger partial charge in [-0.25, -0.2) is 0 Å². The molecule has 0 aromatic heterocycles. The number of carbonyl (C=O) groups is 3. The molecular weight excluding hydrogens is 559 g/mol. The van der Waals surface area contributed by atoms with Crippen LogP contribution in [0.15, 0.2) is 109 Å². The van der Waals surface area contributed by atoms with Gasteiger partial charge in [0.05, 0.1) is 17.9 Å².